The molecule has 146 valence electrons. The van der Waals surface area contributed by atoms with Gasteiger partial charge in [-0.15, -0.1) is 0 Å². The van der Waals surface area contributed by atoms with Gasteiger partial charge in [-0.25, -0.2) is 14.1 Å². The van der Waals surface area contributed by atoms with E-state index in [2.05, 4.69) is 15.4 Å². The quantitative estimate of drug-likeness (QED) is 0.734. The minimum absolute atomic E-state index is 0.0593. The monoisotopic (exact) mass is 383 g/mol. The summed E-state index contributed by atoms with van der Waals surface area (Å²) in [5.74, 6) is -0.810. The molecule has 0 aliphatic heterocycles. The molecule has 0 aliphatic rings. The molecule has 3 rings (SSSR count). The van der Waals surface area contributed by atoms with Crippen LogP contribution in [0.5, 0.6) is 0 Å². The highest BCUT2D eigenvalue weighted by Crippen LogP contribution is 2.14. The van der Waals surface area contributed by atoms with Crippen LogP contribution in [0.4, 0.5) is 10.1 Å². The fraction of sp³-hybridized carbons (Fsp3) is 0.300. The number of carbonyl (C=O) groups is 1. The molecular formula is C20H22FN5O2. The van der Waals surface area contributed by atoms with Gasteiger partial charge in [-0.05, 0) is 45.4 Å². The molecule has 0 atom stereocenters. The first kappa shape index (κ1) is 19.5. The Hall–Kier alpha value is -3.29. The van der Waals surface area contributed by atoms with E-state index in [1.165, 1.54) is 22.8 Å². The number of nitrogens with one attached hydrogen (secondary N) is 1. The van der Waals surface area contributed by atoms with E-state index < -0.39 is 11.7 Å². The fourth-order valence-corrected chi connectivity index (χ4v) is 3.12. The van der Waals surface area contributed by atoms with Crippen molar-refractivity contribution in [1.82, 2.24) is 19.3 Å². The highest BCUT2D eigenvalue weighted by atomic mass is 19.1. The Labute approximate surface area is 161 Å². The third-order valence-electron chi connectivity index (χ3n) is 4.45. The van der Waals surface area contributed by atoms with Crippen LogP contribution < -0.4 is 10.9 Å². The van der Waals surface area contributed by atoms with Crippen LogP contribution in [0.2, 0.25) is 0 Å². The largest absolute Gasteiger partial charge is 0.322 e. The molecule has 0 bridgehead atoms. The lowest BCUT2D eigenvalue weighted by atomic mass is 10.2. The van der Waals surface area contributed by atoms with Gasteiger partial charge in [-0.2, -0.15) is 5.10 Å². The lowest BCUT2D eigenvalue weighted by molar-refractivity contribution is -0.116. The molecule has 3 aromatic rings. The van der Waals surface area contributed by atoms with Crippen molar-refractivity contribution in [2.24, 2.45) is 0 Å². The van der Waals surface area contributed by atoms with Crippen molar-refractivity contribution >= 4 is 11.6 Å². The van der Waals surface area contributed by atoms with Gasteiger partial charge < -0.3 is 5.32 Å². The number of hydrogen-bond acceptors (Lipinski definition) is 4. The van der Waals surface area contributed by atoms with Gasteiger partial charge in [0.25, 0.3) is 5.56 Å². The Bertz CT molecular complexity index is 1100. The molecule has 2 aromatic heterocycles. The van der Waals surface area contributed by atoms with Crippen LogP contribution in [-0.2, 0) is 17.8 Å². The van der Waals surface area contributed by atoms with E-state index in [4.69, 9.17) is 0 Å². The smallest absolute Gasteiger partial charge is 0.258 e. The molecule has 0 unspecified atom stereocenters. The zero-order valence-electron chi connectivity index (χ0n) is 16.3. The first-order valence-electron chi connectivity index (χ1n) is 9.00. The molecule has 8 heteroatoms. The van der Waals surface area contributed by atoms with Crippen molar-refractivity contribution in [2.45, 2.75) is 40.7 Å². The Kier molecular flexibility index (Phi) is 5.39. The second-order valence-electron chi connectivity index (χ2n) is 6.59. The van der Waals surface area contributed by atoms with Crippen LogP contribution in [0.25, 0.3) is 5.95 Å². The standard InChI is InChI=1S/C20H22FN5O2/c1-5-15-14(4)22-20(26-13(3)10-12(2)24-26)25(19(15)28)11-18(27)23-17-9-7-6-8-16(17)21/h6-10H,5,11H2,1-4H3,(H,23,27). The normalized spacial score (nSPS) is 10.9. The van der Waals surface area contributed by atoms with Gasteiger partial charge in [0.1, 0.15) is 12.4 Å². The fourth-order valence-electron chi connectivity index (χ4n) is 3.12. The number of hydrogen-bond donors (Lipinski definition) is 1. The Balaban J connectivity index is 2.06. The topological polar surface area (TPSA) is 81.8 Å². The number of aryl methyl sites for hydroxylation is 3. The number of anilines is 1. The molecule has 1 N–H and O–H groups in total. The zero-order chi connectivity index (χ0) is 20.4. The van der Waals surface area contributed by atoms with Crippen LogP contribution in [0.15, 0.2) is 35.1 Å². The lowest BCUT2D eigenvalue weighted by Crippen LogP contribution is -2.34. The maximum atomic E-state index is 13.8. The third kappa shape index (κ3) is 3.71. The summed E-state index contributed by atoms with van der Waals surface area (Å²) in [6, 6.07) is 7.73. The summed E-state index contributed by atoms with van der Waals surface area (Å²) < 4.78 is 16.7. The number of amides is 1. The maximum Gasteiger partial charge on any atom is 0.258 e. The average Bonchev–Trinajstić information content (AvgIpc) is 2.97. The molecule has 28 heavy (non-hydrogen) atoms. The van der Waals surface area contributed by atoms with Gasteiger partial charge in [0.15, 0.2) is 0 Å². The van der Waals surface area contributed by atoms with Crippen molar-refractivity contribution in [2.75, 3.05) is 5.32 Å². The predicted molar refractivity (Wildman–Crippen MR) is 104 cm³/mol. The molecule has 1 aromatic carbocycles. The van der Waals surface area contributed by atoms with E-state index in [1.54, 1.807) is 17.7 Å². The maximum absolute atomic E-state index is 13.8. The Morgan fingerprint density at radius 2 is 1.93 bits per heavy atom. The van der Waals surface area contributed by atoms with Gasteiger partial charge in [-0.3, -0.25) is 14.2 Å². The van der Waals surface area contributed by atoms with Crippen molar-refractivity contribution in [3.63, 3.8) is 0 Å². The number of benzene rings is 1. The van der Waals surface area contributed by atoms with E-state index in [-0.39, 0.29) is 23.7 Å². The van der Waals surface area contributed by atoms with Gasteiger partial charge in [0.05, 0.1) is 17.1 Å². The summed E-state index contributed by atoms with van der Waals surface area (Å²) in [5, 5.41) is 6.89. The van der Waals surface area contributed by atoms with Crippen LogP contribution >= 0.6 is 0 Å². The van der Waals surface area contributed by atoms with Gasteiger partial charge in [-0.1, -0.05) is 19.1 Å². The summed E-state index contributed by atoms with van der Waals surface area (Å²) in [5.41, 5.74) is 2.44. The van der Waals surface area contributed by atoms with Crippen LogP contribution in [-0.4, -0.2) is 25.2 Å². The van der Waals surface area contributed by atoms with Gasteiger partial charge in [0.2, 0.25) is 11.9 Å². The number of halogens is 1. The third-order valence-corrected chi connectivity index (χ3v) is 4.45. The predicted octanol–water partition coefficient (Wildman–Crippen LogP) is 2.69. The minimum atomic E-state index is -0.543. The minimum Gasteiger partial charge on any atom is -0.322 e. The van der Waals surface area contributed by atoms with Gasteiger partial charge in [0, 0.05) is 11.3 Å². The molecule has 0 saturated carbocycles. The molecule has 1 amide bonds. The second-order valence-corrected chi connectivity index (χ2v) is 6.59. The summed E-state index contributed by atoms with van der Waals surface area (Å²) in [7, 11) is 0. The number of aromatic nitrogens is 4. The van der Waals surface area contributed by atoms with Crippen LogP contribution in [0.3, 0.4) is 0 Å². The molecule has 7 nitrogen and oxygen atoms in total. The van der Waals surface area contributed by atoms with E-state index in [9.17, 15) is 14.0 Å². The number of nitrogens with zero attached hydrogens (tertiary/aromatic N) is 4. The van der Waals surface area contributed by atoms with Crippen molar-refractivity contribution < 1.29 is 9.18 Å². The van der Waals surface area contributed by atoms with E-state index >= 15 is 0 Å². The van der Waals surface area contributed by atoms with E-state index in [0.717, 1.165) is 11.4 Å². The first-order valence-corrected chi connectivity index (χ1v) is 9.00. The molecule has 2 heterocycles. The van der Waals surface area contributed by atoms with Crippen LogP contribution in [0, 0.1) is 26.6 Å². The van der Waals surface area contributed by atoms with Crippen molar-refractivity contribution in [3.8, 4) is 5.95 Å². The van der Waals surface area contributed by atoms with E-state index in [0.29, 0.717) is 17.7 Å². The van der Waals surface area contributed by atoms with Crippen molar-refractivity contribution in [3.05, 3.63) is 69.1 Å². The van der Waals surface area contributed by atoms with Crippen molar-refractivity contribution in [1.29, 1.82) is 0 Å². The Morgan fingerprint density at radius 3 is 2.54 bits per heavy atom. The number of carbonyl (C=O) groups excluding carboxylic acids is 1. The summed E-state index contributed by atoms with van der Waals surface area (Å²) >= 11 is 0. The molecule has 0 aliphatic carbocycles. The second kappa shape index (κ2) is 7.75. The SMILES string of the molecule is CCc1c(C)nc(-n2nc(C)cc2C)n(CC(=O)Nc2ccccc2F)c1=O. The molecule has 0 saturated heterocycles. The highest BCUT2D eigenvalue weighted by Gasteiger charge is 2.19. The van der Waals surface area contributed by atoms with Gasteiger partial charge >= 0.3 is 0 Å². The summed E-state index contributed by atoms with van der Waals surface area (Å²) in [6.45, 7) is 7.00. The Morgan fingerprint density at radius 1 is 1.21 bits per heavy atom. The molecule has 0 fully saturated rings. The molecule has 0 spiro atoms. The lowest BCUT2D eigenvalue weighted by Gasteiger charge is -2.16. The zero-order valence-corrected chi connectivity index (χ0v) is 16.3. The highest BCUT2D eigenvalue weighted by molar-refractivity contribution is 5.90. The van der Waals surface area contributed by atoms with E-state index in [1.807, 2.05) is 26.8 Å². The first-order chi connectivity index (χ1) is 13.3. The molecular weight excluding hydrogens is 361 g/mol. The summed E-state index contributed by atoms with van der Waals surface area (Å²) in [6.07, 6.45) is 0.490. The average molecular weight is 383 g/mol. The molecule has 0 radical (unpaired) electrons. The number of para-hydroxylation sites is 1. The summed E-state index contributed by atoms with van der Waals surface area (Å²) in [4.78, 5) is 30.1. The van der Waals surface area contributed by atoms with Crippen LogP contribution in [0.1, 0.15) is 29.6 Å². The number of rotatable bonds is 5.